The summed E-state index contributed by atoms with van der Waals surface area (Å²) in [6.45, 7) is 2.75. The van der Waals surface area contributed by atoms with E-state index in [2.05, 4.69) is 32.2 Å². The third-order valence-electron chi connectivity index (χ3n) is 2.86. The lowest BCUT2D eigenvalue weighted by Crippen LogP contribution is -2.55. The molecule has 0 radical (unpaired) electrons. The maximum Gasteiger partial charge on any atom is 0.229 e. The van der Waals surface area contributed by atoms with Crippen molar-refractivity contribution in [3.8, 4) is 0 Å². The van der Waals surface area contributed by atoms with E-state index in [1.165, 1.54) is 0 Å². The average molecular weight is 237 g/mol. The van der Waals surface area contributed by atoms with Gasteiger partial charge in [0.05, 0.1) is 6.54 Å². The summed E-state index contributed by atoms with van der Waals surface area (Å²) in [5, 5.41) is 3.24. The molecule has 1 aromatic rings. The first kappa shape index (κ1) is 12.0. The fourth-order valence-corrected chi connectivity index (χ4v) is 1.63. The maximum absolute atomic E-state index is 5.68. The largest absolute Gasteiger partial charge is 0.368 e. The molecule has 0 bridgehead atoms. The van der Waals surface area contributed by atoms with Gasteiger partial charge < -0.3 is 16.0 Å². The number of nitrogens with two attached hydrogens (primary N) is 1. The summed E-state index contributed by atoms with van der Waals surface area (Å²) in [5.74, 6) is 1.60. The first-order valence-corrected chi connectivity index (χ1v) is 5.65. The van der Waals surface area contributed by atoms with Crippen molar-refractivity contribution in [1.82, 2.24) is 25.2 Å². The molecular weight excluding hydrogens is 218 g/mol. The molecule has 0 saturated carbocycles. The molecule has 0 aliphatic carbocycles. The van der Waals surface area contributed by atoms with E-state index in [9.17, 15) is 0 Å². The molecule has 1 aliphatic rings. The topological polar surface area (TPSA) is 83.2 Å². The Morgan fingerprint density at radius 3 is 2.47 bits per heavy atom. The van der Waals surface area contributed by atoms with Gasteiger partial charge in [-0.15, -0.1) is 0 Å². The van der Waals surface area contributed by atoms with Gasteiger partial charge >= 0.3 is 0 Å². The molecule has 1 aromatic heterocycles. The van der Waals surface area contributed by atoms with Gasteiger partial charge in [-0.2, -0.15) is 15.0 Å². The molecule has 3 N–H and O–H groups in total. The van der Waals surface area contributed by atoms with Crippen LogP contribution in [0.1, 0.15) is 5.82 Å². The number of anilines is 2. The summed E-state index contributed by atoms with van der Waals surface area (Å²) in [6, 6.07) is 0.566. The lowest BCUT2D eigenvalue weighted by atomic mass is 10.1. The molecule has 0 amide bonds. The van der Waals surface area contributed by atoms with Crippen molar-refractivity contribution < 1.29 is 0 Å². The van der Waals surface area contributed by atoms with E-state index in [0.29, 0.717) is 18.5 Å². The first-order valence-electron chi connectivity index (χ1n) is 5.65. The number of nitrogens with zero attached hydrogens (tertiary/aromatic N) is 5. The van der Waals surface area contributed by atoms with Gasteiger partial charge in [0, 0.05) is 33.2 Å². The van der Waals surface area contributed by atoms with E-state index in [-0.39, 0.29) is 5.95 Å². The number of rotatable bonds is 4. The first-order chi connectivity index (χ1) is 8.06. The van der Waals surface area contributed by atoms with Gasteiger partial charge in [-0.25, -0.2) is 0 Å². The SMILES string of the molecule is CN(C)c1nc(N)nc(CN(C)C2CNC2)n1. The lowest BCUT2D eigenvalue weighted by Gasteiger charge is -2.35. The van der Waals surface area contributed by atoms with Gasteiger partial charge in [0.15, 0.2) is 0 Å². The van der Waals surface area contributed by atoms with Gasteiger partial charge in [-0.3, -0.25) is 4.90 Å². The normalized spacial score (nSPS) is 16.0. The van der Waals surface area contributed by atoms with Crippen LogP contribution in [0.25, 0.3) is 0 Å². The van der Waals surface area contributed by atoms with Crippen LogP contribution < -0.4 is 16.0 Å². The Morgan fingerprint density at radius 2 is 1.94 bits per heavy atom. The van der Waals surface area contributed by atoms with Crippen molar-refractivity contribution in [3.63, 3.8) is 0 Å². The van der Waals surface area contributed by atoms with Gasteiger partial charge in [-0.1, -0.05) is 0 Å². The minimum Gasteiger partial charge on any atom is -0.368 e. The molecule has 17 heavy (non-hydrogen) atoms. The van der Waals surface area contributed by atoms with Crippen LogP contribution in [-0.4, -0.2) is 60.1 Å². The van der Waals surface area contributed by atoms with Crippen molar-refractivity contribution in [2.45, 2.75) is 12.6 Å². The highest BCUT2D eigenvalue weighted by Crippen LogP contribution is 2.10. The van der Waals surface area contributed by atoms with Crippen molar-refractivity contribution in [2.75, 3.05) is 44.9 Å². The monoisotopic (exact) mass is 237 g/mol. The predicted molar refractivity (Wildman–Crippen MR) is 66.7 cm³/mol. The second-order valence-electron chi connectivity index (χ2n) is 4.53. The molecule has 94 valence electrons. The van der Waals surface area contributed by atoms with Crippen molar-refractivity contribution >= 4 is 11.9 Å². The number of hydrogen-bond donors (Lipinski definition) is 2. The van der Waals surface area contributed by atoms with E-state index < -0.39 is 0 Å². The van der Waals surface area contributed by atoms with Gasteiger partial charge in [0.1, 0.15) is 5.82 Å². The third kappa shape index (κ3) is 2.80. The maximum atomic E-state index is 5.68. The van der Waals surface area contributed by atoms with Crippen LogP contribution in [0.15, 0.2) is 0 Å². The molecular formula is C10H19N7. The molecule has 7 heteroatoms. The van der Waals surface area contributed by atoms with Crippen LogP contribution in [0.3, 0.4) is 0 Å². The highest BCUT2D eigenvalue weighted by Gasteiger charge is 2.22. The molecule has 1 saturated heterocycles. The van der Waals surface area contributed by atoms with E-state index >= 15 is 0 Å². The average Bonchev–Trinajstić information content (AvgIpc) is 2.13. The van der Waals surface area contributed by atoms with Crippen molar-refractivity contribution in [1.29, 1.82) is 0 Å². The lowest BCUT2D eigenvalue weighted by molar-refractivity contribution is 0.169. The molecule has 1 fully saturated rings. The third-order valence-corrected chi connectivity index (χ3v) is 2.86. The minimum absolute atomic E-state index is 0.277. The van der Waals surface area contributed by atoms with E-state index in [0.717, 1.165) is 18.9 Å². The summed E-state index contributed by atoms with van der Waals surface area (Å²) in [7, 11) is 5.84. The summed E-state index contributed by atoms with van der Waals surface area (Å²) in [6.07, 6.45) is 0. The zero-order chi connectivity index (χ0) is 12.4. The molecule has 1 aliphatic heterocycles. The Bertz CT molecular complexity index is 388. The Hall–Kier alpha value is -1.47. The predicted octanol–water partition coefficient (Wildman–Crippen LogP) is -1.08. The molecule has 0 atom stereocenters. The van der Waals surface area contributed by atoms with Gasteiger partial charge in [0.25, 0.3) is 0 Å². The Kier molecular flexibility index (Phi) is 3.39. The molecule has 7 nitrogen and oxygen atoms in total. The summed E-state index contributed by atoms with van der Waals surface area (Å²) in [5.41, 5.74) is 5.68. The van der Waals surface area contributed by atoms with Crippen molar-refractivity contribution in [2.24, 2.45) is 0 Å². The van der Waals surface area contributed by atoms with Crippen LogP contribution in [-0.2, 0) is 6.54 Å². The number of nitrogen functional groups attached to an aromatic ring is 1. The molecule has 0 unspecified atom stereocenters. The zero-order valence-electron chi connectivity index (χ0n) is 10.5. The Labute approximate surface area is 101 Å². The molecule has 2 heterocycles. The standard InChI is InChI=1S/C10H19N7/c1-16(2)10-14-8(13-9(11)15-10)6-17(3)7-4-12-5-7/h7,12H,4-6H2,1-3H3,(H2,11,13,14,15). The van der Waals surface area contributed by atoms with Crippen LogP contribution in [0.4, 0.5) is 11.9 Å². The molecule has 2 rings (SSSR count). The van der Waals surface area contributed by atoms with Crippen LogP contribution in [0.2, 0.25) is 0 Å². The van der Waals surface area contributed by atoms with E-state index in [4.69, 9.17) is 5.73 Å². The second-order valence-corrected chi connectivity index (χ2v) is 4.53. The van der Waals surface area contributed by atoms with Crippen LogP contribution in [0, 0.1) is 0 Å². The Balaban J connectivity index is 2.08. The van der Waals surface area contributed by atoms with E-state index in [1.54, 1.807) is 0 Å². The quantitative estimate of drug-likeness (QED) is 0.689. The molecule has 0 spiro atoms. The molecule has 0 aromatic carbocycles. The fraction of sp³-hybridized carbons (Fsp3) is 0.700. The number of aromatic nitrogens is 3. The summed E-state index contributed by atoms with van der Waals surface area (Å²) in [4.78, 5) is 16.7. The summed E-state index contributed by atoms with van der Waals surface area (Å²) >= 11 is 0. The zero-order valence-corrected chi connectivity index (χ0v) is 10.5. The number of hydrogen-bond acceptors (Lipinski definition) is 7. The van der Waals surface area contributed by atoms with Crippen LogP contribution >= 0.6 is 0 Å². The van der Waals surface area contributed by atoms with Gasteiger partial charge in [-0.05, 0) is 7.05 Å². The highest BCUT2D eigenvalue weighted by atomic mass is 15.3. The van der Waals surface area contributed by atoms with Gasteiger partial charge in [0.2, 0.25) is 11.9 Å². The smallest absolute Gasteiger partial charge is 0.229 e. The van der Waals surface area contributed by atoms with E-state index in [1.807, 2.05) is 19.0 Å². The second kappa shape index (κ2) is 4.80. The minimum atomic E-state index is 0.277. The Morgan fingerprint density at radius 1 is 1.24 bits per heavy atom. The summed E-state index contributed by atoms with van der Waals surface area (Å²) < 4.78 is 0. The van der Waals surface area contributed by atoms with Crippen LogP contribution in [0.5, 0.6) is 0 Å². The highest BCUT2D eigenvalue weighted by molar-refractivity contribution is 5.32. The van der Waals surface area contributed by atoms with Crippen molar-refractivity contribution in [3.05, 3.63) is 5.82 Å². The number of nitrogens with one attached hydrogen (secondary N) is 1. The number of likely N-dealkylation sites (N-methyl/N-ethyl adjacent to an activating group) is 1. The fourth-order valence-electron chi connectivity index (χ4n) is 1.63.